The molecule has 4 heteroatoms. The maximum atomic E-state index is 14.4. The minimum atomic E-state index is -1.10. The molecule has 0 spiro atoms. The van der Waals surface area contributed by atoms with Crippen LogP contribution >= 0.6 is 0 Å². The van der Waals surface area contributed by atoms with Crippen LogP contribution in [0.2, 0.25) is 0 Å². The van der Waals surface area contributed by atoms with Gasteiger partial charge in [0.05, 0.1) is 12.5 Å². The third-order valence-electron chi connectivity index (χ3n) is 4.10. The van der Waals surface area contributed by atoms with Gasteiger partial charge in [0.2, 0.25) is 0 Å². The molecule has 0 unspecified atom stereocenters. The van der Waals surface area contributed by atoms with Gasteiger partial charge in [-0.25, -0.2) is 4.39 Å². The van der Waals surface area contributed by atoms with Crippen LogP contribution in [0.1, 0.15) is 43.2 Å². The molecule has 1 aliphatic rings. The molecule has 1 aliphatic carbocycles. The molecular weight excluding hydrogens is 247 g/mol. The van der Waals surface area contributed by atoms with Gasteiger partial charge in [-0.15, -0.1) is 0 Å². The highest BCUT2D eigenvalue weighted by molar-refractivity contribution is 5.82. The Kier molecular flexibility index (Phi) is 3.78. The highest BCUT2D eigenvalue weighted by Crippen LogP contribution is 2.42. The first-order chi connectivity index (χ1) is 9.01. The third-order valence-corrected chi connectivity index (χ3v) is 4.10. The van der Waals surface area contributed by atoms with Crippen LogP contribution < -0.4 is 4.74 Å². The molecule has 0 aromatic heterocycles. The Morgan fingerprint density at radius 1 is 1.32 bits per heavy atom. The minimum Gasteiger partial charge on any atom is -0.497 e. The van der Waals surface area contributed by atoms with Crippen molar-refractivity contribution in [3.8, 4) is 5.75 Å². The minimum absolute atomic E-state index is 0.275. The standard InChI is InChI=1S/C15H19FO3/c1-10-8-11(19-2)9-12(13(10)16)15(14(17)18)6-4-3-5-7-15/h8-9H,3-7H2,1-2H3,(H,17,18). The van der Waals surface area contributed by atoms with E-state index < -0.39 is 17.2 Å². The molecule has 1 aromatic carbocycles. The van der Waals surface area contributed by atoms with Gasteiger partial charge in [-0.3, -0.25) is 4.79 Å². The van der Waals surface area contributed by atoms with E-state index in [0.717, 1.165) is 19.3 Å². The molecule has 0 saturated heterocycles. The number of benzene rings is 1. The summed E-state index contributed by atoms with van der Waals surface area (Å²) < 4.78 is 19.5. The summed E-state index contributed by atoms with van der Waals surface area (Å²) in [5, 5.41) is 9.61. The summed E-state index contributed by atoms with van der Waals surface area (Å²) in [4.78, 5) is 11.7. The fraction of sp³-hybridized carbons (Fsp3) is 0.533. The van der Waals surface area contributed by atoms with Gasteiger partial charge in [0, 0.05) is 5.56 Å². The Balaban J connectivity index is 2.59. The number of aryl methyl sites for hydroxylation is 1. The van der Waals surface area contributed by atoms with E-state index in [1.165, 1.54) is 7.11 Å². The molecule has 1 fully saturated rings. The summed E-state index contributed by atoms with van der Waals surface area (Å²) >= 11 is 0. The largest absolute Gasteiger partial charge is 0.497 e. The number of hydrogen-bond donors (Lipinski definition) is 1. The van der Waals surface area contributed by atoms with Gasteiger partial charge in [0.25, 0.3) is 0 Å². The van der Waals surface area contributed by atoms with Crippen LogP contribution in [0.25, 0.3) is 0 Å². The quantitative estimate of drug-likeness (QED) is 0.911. The first-order valence-electron chi connectivity index (χ1n) is 6.59. The molecule has 1 N–H and O–H groups in total. The zero-order valence-corrected chi connectivity index (χ0v) is 11.3. The van der Waals surface area contributed by atoms with Crippen LogP contribution in [-0.2, 0) is 10.2 Å². The lowest BCUT2D eigenvalue weighted by atomic mass is 9.69. The Morgan fingerprint density at radius 3 is 2.47 bits per heavy atom. The number of ether oxygens (including phenoxy) is 1. The Bertz CT molecular complexity index is 490. The molecule has 0 radical (unpaired) electrons. The summed E-state index contributed by atoms with van der Waals surface area (Å²) in [6, 6.07) is 3.14. The predicted octanol–water partition coefficient (Wildman–Crippen LogP) is 3.43. The molecular formula is C15H19FO3. The third kappa shape index (κ3) is 2.31. The summed E-state index contributed by atoms with van der Waals surface area (Å²) in [5.74, 6) is -0.830. The van der Waals surface area contributed by atoms with Crippen LogP contribution in [0.5, 0.6) is 5.75 Å². The lowest BCUT2D eigenvalue weighted by Crippen LogP contribution is -2.38. The molecule has 0 heterocycles. The van der Waals surface area contributed by atoms with Gasteiger partial charge >= 0.3 is 5.97 Å². The van der Waals surface area contributed by atoms with Crippen molar-refractivity contribution in [1.82, 2.24) is 0 Å². The van der Waals surface area contributed by atoms with E-state index in [4.69, 9.17) is 4.74 Å². The smallest absolute Gasteiger partial charge is 0.314 e. The SMILES string of the molecule is COc1cc(C)c(F)c(C2(C(=O)O)CCCCC2)c1. The average Bonchev–Trinajstić information content (AvgIpc) is 2.42. The Labute approximate surface area is 112 Å². The Morgan fingerprint density at radius 2 is 1.95 bits per heavy atom. The van der Waals surface area contributed by atoms with E-state index in [-0.39, 0.29) is 5.56 Å². The molecule has 3 nitrogen and oxygen atoms in total. The van der Waals surface area contributed by atoms with Crippen LogP contribution in [-0.4, -0.2) is 18.2 Å². The van der Waals surface area contributed by atoms with Gasteiger partial charge in [-0.05, 0) is 37.5 Å². The van der Waals surface area contributed by atoms with E-state index in [0.29, 0.717) is 24.2 Å². The maximum Gasteiger partial charge on any atom is 0.314 e. The van der Waals surface area contributed by atoms with Crippen molar-refractivity contribution in [1.29, 1.82) is 0 Å². The molecule has 1 saturated carbocycles. The molecule has 1 aromatic rings. The topological polar surface area (TPSA) is 46.5 Å². The molecule has 104 valence electrons. The Hall–Kier alpha value is -1.58. The predicted molar refractivity (Wildman–Crippen MR) is 70.1 cm³/mol. The highest BCUT2D eigenvalue weighted by atomic mass is 19.1. The molecule has 0 bridgehead atoms. The van der Waals surface area contributed by atoms with Gasteiger partial charge in [-0.2, -0.15) is 0 Å². The first-order valence-corrected chi connectivity index (χ1v) is 6.59. The molecule has 0 amide bonds. The highest BCUT2D eigenvalue weighted by Gasteiger charge is 2.43. The number of methoxy groups -OCH3 is 1. The van der Waals surface area contributed by atoms with Crippen molar-refractivity contribution in [2.45, 2.75) is 44.4 Å². The van der Waals surface area contributed by atoms with Crippen molar-refractivity contribution in [3.63, 3.8) is 0 Å². The molecule has 0 aliphatic heterocycles. The van der Waals surface area contributed by atoms with Gasteiger partial charge in [0.1, 0.15) is 11.6 Å². The van der Waals surface area contributed by atoms with Gasteiger partial charge in [-0.1, -0.05) is 19.3 Å². The zero-order chi connectivity index (χ0) is 14.0. The first kappa shape index (κ1) is 13.8. The van der Waals surface area contributed by atoms with Crippen molar-refractivity contribution < 1.29 is 19.0 Å². The number of carbonyl (C=O) groups is 1. The van der Waals surface area contributed by atoms with Crippen LogP contribution in [0.3, 0.4) is 0 Å². The lowest BCUT2D eigenvalue weighted by Gasteiger charge is -2.34. The van der Waals surface area contributed by atoms with Gasteiger partial charge in [0.15, 0.2) is 0 Å². The van der Waals surface area contributed by atoms with Crippen molar-refractivity contribution in [2.24, 2.45) is 0 Å². The van der Waals surface area contributed by atoms with Gasteiger partial charge < -0.3 is 9.84 Å². The number of carboxylic acid groups (broad SMARTS) is 1. The van der Waals surface area contributed by atoms with E-state index in [1.54, 1.807) is 19.1 Å². The van der Waals surface area contributed by atoms with Crippen LogP contribution in [0.15, 0.2) is 12.1 Å². The van der Waals surface area contributed by atoms with E-state index >= 15 is 0 Å². The number of halogens is 1. The lowest BCUT2D eigenvalue weighted by molar-refractivity contribution is -0.145. The number of hydrogen-bond acceptors (Lipinski definition) is 2. The van der Waals surface area contributed by atoms with Crippen LogP contribution in [0, 0.1) is 12.7 Å². The van der Waals surface area contributed by atoms with E-state index in [1.807, 2.05) is 0 Å². The number of aliphatic carboxylic acids is 1. The number of carboxylic acids is 1. The molecule has 2 rings (SSSR count). The second-order valence-corrected chi connectivity index (χ2v) is 5.25. The van der Waals surface area contributed by atoms with Crippen molar-refractivity contribution in [2.75, 3.05) is 7.11 Å². The summed E-state index contributed by atoms with van der Waals surface area (Å²) in [5.41, 5.74) is -0.390. The summed E-state index contributed by atoms with van der Waals surface area (Å²) in [6.07, 6.45) is 3.64. The van der Waals surface area contributed by atoms with Crippen molar-refractivity contribution >= 4 is 5.97 Å². The average molecular weight is 266 g/mol. The monoisotopic (exact) mass is 266 g/mol. The van der Waals surface area contributed by atoms with Crippen molar-refractivity contribution in [3.05, 3.63) is 29.1 Å². The van der Waals surface area contributed by atoms with E-state index in [9.17, 15) is 14.3 Å². The molecule has 0 atom stereocenters. The second kappa shape index (κ2) is 5.19. The second-order valence-electron chi connectivity index (χ2n) is 5.25. The molecule has 19 heavy (non-hydrogen) atoms. The number of rotatable bonds is 3. The zero-order valence-electron chi connectivity index (χ0n) is 11.3. The maximum absolute atomic E-state index is 14.4. The normalized spacial score (nSPS) is 18.1. The fourth-order valence-electron chi connectivity index (χ4n) is 2.96. The summed E-state index contributed by atoms with van der Waals surface area (Å²) in [6.45, 7) is 1.64. The van der Waals surface area contributed by atoms with Crippen LogP contribution in [0.4, 0.5) is 4.39 Å². The fourth-order valence-corrected chi connectivity index (χ4v) is 2.96. The summed E-state index contributed by atoms with van der Waals surface area (Å²) in [7, 11) is 1.50. The van der Waals surface area contributed by atoms with E-state index in [2.05, 4.69) is 0 Å².